The number of rotatable bonds is 12. The molecule has 164 valence electrons. The van der Waals surface area contributed by atoms with Gasteiger partial charge in [0, 0.05) is 37.6 Å². The highest BCUT2D eigenvalue weighted by molar-refractivity contribution is 6.10. The number of nitrogens with zero attached hydrogens (tertiary/aromatic N) is 2. The molecule has 0 N–H and O–H groups in total. The second kappa shape index (κ2) is 12.5. The molecule has 0 atom stereocenters. The SMILES string of the molecule is CCN(CC)c1ccc(/C=C/C(=O)CC(=O)/C=C/c2ccc(N(CC)CC)cc2)cc1. The molecule has 0 amide bonds. The van der Waals surface area contributed by atoms with Gasteiger partial charge < -0.3 is 9.80 Å². The van der Waals surface area contributed by atoms with Gasteiger partial charge in [-0.3, -0.25) is 9.59 Å². The Kier molecular flexibility index (Phi) is 9.76. The number of anilines is 2. The Morgan fingerprint density at radius 1 is 0.613 bits per heavy atom. The summed E-state index contributed by atoms with van der Waals surface area (Å²) < 4.78 is 0. The molecule has 0 saturated heterocycles. The minimum absolute atomic E-state index is 0.123. The van der Waals surface area contributed by atoms with E-state index in [0.717, 1.165) is 37.3 Å². The average Bonchev–Trinajstić information content (AvgIpc) is 2.79. The molecule has 31 heavy (non-hydrogen) atoms. The van der Waals surface area contributed by atoms with E-state index in [1.807, 2.05) is 24.3 Å². The molecule has 0 aliphatic rings. The average molecular weight is 419 g/mol. The van der Waals surface area contributed by atoms with Crippen LogP contribution in [0.5, 0.6) is 0 Å². The van der Waals surface area contributed by atoms with Gasteiger partial charge in [0.1, 0.15) is 0 Å². The summed E-state index contributed by atoms with van der Waals surface area (Å²) in [4.78, 5) is 28.8. The zero-order valence-electron chi connectivity index (χ0n) is 19.2. The van der Waals surface area contributed by atoms with Crippen molar-refractivity contribution in [3.63, 3.8) is 0 Å². The van der Waals surface area contributed by atoms with E-state index in [4.69, 9.17) is 0 Å². The fourth-order valence-electron chi connectivity index (χ4n) is 3.44. The first-order valence-electron chi connectivity index (χ1n) is 11.1. The lowest BCUT2D eigenvalue weighted by atomic mass is 10.1. The smallest absolute Gasteiger partial charge is 0.163 e. The van der Waals surface area contributed by atoms with Crippen molar-refractivity contribution in [2.24, 2.45) is 0 Å². The minimum Gasteiger partial charge on any atom is -0.372 e. The third kappa shape index (κ3) is 7.56. The van der Waals surface area contributed by atoms with Crippen molar-refractivity contribution in [1.82, 2.24) is 0 Å². The molecule has 0 bridgehead atoms. The monoisotopic (exact) mass is 418 g/mol. The summed E-state index contributed by atoms with van der Waals surface area (Å²) in [6, 6.07) is 16.2. The summed E-state index contributed by atoms with van der Waals surface area (Å²) in [6.07, 6.45) is 6.37. The molecule has 4 heteroatoms. The molecule has 2 aromatic rings. The van der Waals surface area contributed by atoms with Crippen molar-refractivity contribution in [3.8, 4) is 0 Å². The number of allylic oxidation sites excluding steroid dienone is 2. The lowest BCUT2D eigenvalue weighted by Gasteiger charge is -2.20. The number of hydrogen-bond acceptors (Lipinski definition) is 4. The van der Waals surface area contributed by atoms with Gasteiger partial charge in [0.2, 0.25) is 0 Å². The van der Waals surface area contributed by atoms with E-state index < -0.39 is 0 Å². The lowest BCUT2D eigenvalue weighted by molar-refractivity contribution is -0.121. The molecule has 0 fully saturated rings. The van der Waals surface area contributed by atoms with Crippen LogP contribution in [0.1, 0.15) is 45.2 Å². The van der Waals surface area contributed by atoms with Crippen LogP contribution in [0.15, 0.2) is 60.7 Å². The van der Waals surface area contributed by atoms with Crippen molar-refractivity contribution < 1.29 is 9.59 Å². The van der Waals surface area contributed by atoms with Crippen LogP contribution < -0.4 is 9.80 Å². The second-order valence-corrected chi connectivity index (χ2v) is 7.30. The highest BCUT2D eigenvalue weighted by Crippen LogP contribution is 2.17. The fourth-order valence-corrected chi connectivity index (χ4v) is 3.44. The Morgan fingerprint density at radius 2 is 0.935 bits per heavy atom. The molecule has 2 rings (SSSR count). The van der Waals surface area contributed by atoms with Crippen LogP contribution in [-0.4, -0.2) is 37.7 Å². The first-order valence-corrected chi connectivity index (χ1v) is 11.1. The summed E-state index contributed by atoms with van der Waals surface area (Å²) in [5, 5.41) is 0. The maximum atomic E-state index is 12.1. The molecular weight excluding hydrogens is 384 g/mol. The van der Waals surface area contributed by atoms with Gasteiger partial charge in [-0.25, -0.2) is 0 Å². The predicted molar refractivity (Wildman–Crippen MR) is 133 cm³/mol. The van der Waals surface area contributed by atoms with Crippen LogP contribution in [0.25, 0.3) is 12.2 Å². The van der Waals surface area contributed by atoms with E-state index in [1.54, 1.807) is 12.2 Å². The van der Waals surface area contributed by atoms with Gasteiger partial charge in [-0.15, -0.1) is 0 Å². The topological polar surface area (TPSA) is 40.6 Å². The van der Waals surface area contributed by atoms with Crippen molar-refractivity contribution in [2.75, 3.05) is 36.0 Å². The summed E-state index contributed by atoms with van der Waals surface area (Å²) in [5.41, 5.74) is 4.22. The lowest BCUT2D eigenvalue weighted by Crippen LogP contribution is -2.21. The van der Waals surface area contributed by atoms with Gasteiger partial charge in [0.15, 0.2) is 11.6 Å². The number of carbonyl (C=O) groups excluding carboxylic acids is 2. The first kappa shape index (κ1) is 24.1. The van der Waals surface area contributed by atoms with Gasteiger partial charge >= 0.3 is 0 Å². The van der Waals surface area contributed by atoms with Gasteiger partial charge in [-0.05, 0) is 75.2 Å². The van der Waals surface area contributed by atoms with Crippen LogP contribution in [0, 0.1) is 0 Å². The predicted octanol–water partition coefficient (Wildman–Crippen LogP) is 5.63. The standard InChI is InChI=1S/C27H34N2O2/c1-5-28(6-2)24-15-9-22(10-16-24)13-19-26(30)21-27(31)20-14-23-11-17-25(18-12-23)29(7-3)8-4/h9-20H,5-8,21H2,1-4H3/b19-13+,20-14+. The highest BCUT2D eigenvalue weighted by Gasteiger charge is 2.05. The number of ketones is 2. The van der Waals surface area contributed by atoms with E-state index in [0.29, 0.717) is 0 Å². The Balaban J connectivity index is 1.88. The molecule has 4 nitrogen and oxygen atoms in total. The third-order valence-corrected chi connectivity index (χ3v) is 5.32. The van der Waals surface area contributed by atoms with Crippen molar-refractivity contribution in [3.05, 3.63) is 71.8 Å². The molecule has 0 aromatic heterocycles. The molecule has 0 radical (unpaired) electrons. The van der Waals surface area contributed by atoms with Crippen molar-refractivity contribution in [2.45, 2.75) is 34.1 Å². The summed E-state index contributed by atoms with van der Waals surface area (Å²) in [6.45, 7) is 12.3. The molecule has 0 aliphatic heterocycles. The van der Waals surface area contributed by atoms with Crippen molar-refractivity contribution in [1.29, 1.82) is 0 Å². The third-order valence-electron chi connectivity index (χ3n) is 5.32. The fraction of sp³-hybridized carbons (Fsp3) is 0.333. The molecule has 0 saturated carbocycles. The first-order chi connectivity index (χ1) is 15.0. The molecule has 2 aromatic carbocycles. The van der Waals surface area contributed by atoms with Crippen LogP contribution in [0.2, 0.25) is 0 Å². The van der Waals surface area contributed by atoms with Gasteiger partial charge in [0.25, 0.3) is 0 Å². The Hall–Kier alpha value is -3.14. The normalized spacial score (nSPS) is 11.2. The van der Waals surface area contributed by atoms with Gasteiger partial charge in [0.05, 0.1) is 6.42 Å². The largest absolute Gasteiger partial charge is 0.372 e. The molecule has 0 unspecified atom stereocenters. The van der Waals surface area contributed by atoms with E-state index in [-0.39, 0.29) is 18.0 Å². The minimum atomic E-state index is -0.195. The zero-order chi connectivity index (χ0) is 22.6. The van der Waals surface area contributed by atoms with Crippen LogP contribution >= 0.6 is 0 Å². The van der Waals surface area contributed by atoms with E-state index in [1.165, 1.54) is 23.5 Å². The molecule has 0 heterocycles. The summed E-state index contributed by atoms with van der Waals surface area (Å²) in [7, 11) is 0. The number of hydrogen-bond donors (Lipinski definition) is 0. The van der Waals surface area contributed by atoms with E-state index in [9.17, 15) is 9.59 Å². The number of benzene rings is 2. The summed E-state index contributed by atoms with van der Waals surface area (Å²) in [5.74, 6) is -0.390. The second-order valence-electron chi connectivity index (χ2n) is 7.30. The van der Waals surface area contributed by atoms with Crippen molar-refractivity contribution >= 4 is 35.1 Å². The molecular formula is C27H34N2O2. The Morgan fingerprint density at radius 3 is 1.23 bits per heavy atom. The molecule has 0 aliphatic carbocycles. The Labute approximate surface area is 186 Å². The van der Waals surface area contributed by atoms with Crippen LogP contribution in [0.4, 0.5) is 11.4 Å². The maximum Gasteiger partial charge on any atom is 0.163 e. The van der Waals surface area contributed by atoms with E-state index >= 15 is 0 Å². The quantitative estimate of drug-likeness (QED) is 0.331. The zero-order valence-corrected chi connectivity index (χ0v) is 19.2. The van der Waals surface area contributed by atoms with E-state index in [2.05, 4.69) is 61.8 Å². The highest BCUT2D eigenvalue weighted by atomic mass is 16.1. The van der Waals surface area contributed by atoms with Gasteiger partial charge in [-0.2, -0.15) is 0 Å². The maximum absolute atomic E-state index is 12.1. The number of carbonyl (C=O) groups is 2. The molecule has 0 spiro atoms. The van der Waals surface area contributed by atoms with Crippen LogP contribution in [-0.2, 0) is 9.59 Å². The van der Waals surface area contributed by atoms with Crippen LogP contribution in [0.3, 0.4) is 0 Å². The van der Waals surface area contributed by atoms with Gasteiger partial charge in [-0.1, -0.05) is 36.4 Å². The summed E-state index contributed by atoms with van der Waals surface area (Å²) >= 11 is 0. The Bertz CT molecular complexity index is 812.